The summed E-state index contributed by atoms with van der Waals surface area (Å²) >= 11 is 0. The van der Waals surface area contributed by atoms with Gasteiger partial charge in [0.25, 0.3) is 0 Å². The highest BCUT2D eigenvalue weighted by molar-refractivity contribution is 6.64. The third kappa shape index (κ3) is 4.34. The van der Waals surface area contributed by atoms with Crippen LogP contribution in [0.25, 0.3) is 6.08 Å². The van der Waals surface area contributed by atoms with Crippen LogP contribution in [0.3, 0.4) is 0 Å². The van der Waals surface area contributed by atoms with Gasteiger partial charge in [0, 0.05) is 0 Å². The van der Waals surface area contributed by atoms with Gasteiger partial charge in [-0.15, -0.1) is 0 Å². The molecule has 1 aromatic rings. The standard InChI is InChI=1S/C13H19OSi/c1-11(2)14-13(15(3)4)10-12-8-6-5-7-9-12/h5-11H,1-4H3. The van der Waals surface area contributed by atoms with E-state index >= 15 is 0 Å². The maximum Gasteiger partial charge on any atom is 0.127 e. The summed E-state index contributed by atoms with van der Waals surface area (Å²) < 4.78 is 5.82. The van der Waals surface area contributed by atoms with Crippen LogP contribution in [0.15, 0.2) is 35.7 Å². The molecule has 0 aromatic heterocycles. The lowest BCUT2D eigenvalue weighted by atomic mass is 10.2. The van der Waals surface area contributed by atoms with Crippen molar-refractivity contribution in [2.75, 3.05) is 0 Å². The molecule has 2 heteroatoms. The quantitative estimate of drug-likeness (QED) is 0.553. The predicted molar refractivity (Wildman–Crippen MR) is 68.1 cm³/mol. The van der Waals surface area contributed by atoms with E-state index < -0.39 is 8.80 Å². The molecule has 0 N–H and O–H groups in total. The summed E-state index contributed by atoms with van der Waals surface area (Å²) in [4.78, 5) is 0. The van der Waals surface area contributed by atoms with Crippen LogP contribution >= 0.6 is 0 Å². The average Bonchev–Trinajstić information content (AvgIpc) is 2.17. The molecule has 0 bridgehead atoms. The molecular formula is C13H19OSi. The van der Waals surface area contributed by atoms with Crippen LogP contribution in [0, 0.1) is 0 Å². The molecule has 1 rings (SSSR count). The van der Waals surface area contributed by atoms with Crippen LogP contribution < -0.4 is 0 Å². The molecule has 0 amide bonds. The second-order valence-electron chi connectivity index (χ2n) is 4.09. The molecule has 1 nitrogen and oxygen atoms in total. The first kappa shape index (κ1) is 12.0. The van der Waals surface area contributed by atoms with Gasteiger partial charge in [0.05, 0.1) is 11.5 Å². The van der Waals surface area contributed by atoms with Gasteiger partial charge >= 0.3 is 0 Å². The van der Waals surface area contributed by atoms with Crippen LogP contribution in [0.2, 0.25) is 13.1 Å². The van der Waals surface area contributed by atoms with E-state index in [2.05, 4.69) is 57.3 Å². The third-order valence-electron chi connectivity index (χ3n) is 1.95. The Kier molecular flexibility index (Phi) is 4.63. The lowest BCUT2D eigenvalue weighted by molar-refractivity contribution is 0.168. The van der Waals surface area contributed by atoms with Crippen molar-refractivity contribution < 1.29 is 4.74 Å². The molecule has 15 heavy (non-hydrogen) atoms. The van der Waals surface area contributed by atoms with Gasteiger partial charge in [-0.05, 0) is 25.5 Å². The normalized spacial score (nSPS) is 12.3. The van der Waals surface area contributed by atoms with Crippen LogP contribution in [0.4, 0.5) is 0 Å². The summed E-state index contributed by atoms with van der Waals surface area (Å²) in [6.07, 6.45) is 2.42. The molecule has 0 spiro atoms. The van der Waals surface area contributed by atoms with Crippen LogP contribution in [0.5, 0.6) is 0 Å². The Hall–Kier alpha value is -1.02. The summed E-state index contributed by atoms with van der Waals surface area (Å²) in [6.45, 7) is 8.65. The molecule has 0 aliphatic rings. The molecule has 1 radical (unpaired) electrons. The largest absolute Gasteiger partial charge is 0.501 e. The number of benzene rings is 1. The van der Waals surface area contributed by atoms with Gasteiger partial charge < -0.3 is 4.74 Å². The van der Waals surface area contributed by atoms with Gasteiger partial charge in [-0.25, -0.2) is 0 Å². The molecular weight excluding hydrogens is 200 g/mol. The minimum Gasteiger partial charge on any atom is -0.501 e. The zero-order chi connectivity index (χ0) is 11.3. The van der Waals surface area contributed by atoms with Crippen molar-refractivity contribution in [1.29, 1.82) is 0 Å². The Balaban J connectivity index is 2.84. The van der Waals surface area contributed by atoms with Crippen LogP contribution in [-0.2, 0) is 4.74 Å². The Morgan fingerprint density at radius 3 is 2.27 bits per heavy atom. The summed E-state index contributed by atoms with van der Waals surface area (Å²) in [5.41, 5.74) is 1.22. The maximum atomic E-state index is 5.82. The molecule has 0 fully saturated rings. The zero-order valence-corrected chi connectivity index (χ0v) is 10.9. The minimum atomic E-state index is -0.527. The van der Waals surface area contributed by atoms with Crippen molar-refractivity contribution in [2.24, 2.45) is 0 Å². The fourth-order valence-electron chi connectivity index (χ4n) is 1.25. The van der Waals surface area contributed by atoms with Gasteiger partial charge in [0.15, 0.2) is 0 Å². The first-order chi connectivity index (χ1) is 7.09. The van der Waals surface area contributed by atoms with Crippen molar-refractivity contribution in [3.8, 4) is 0 Å². The Bertz CT molecular complexity index is 315. The SMILES string of the molecule is CC(C)OC(=Cc1ccccc1)[Si](C)C. The highest BCUT2D eigenvalue weighted by Gasteiger charge is 2.08. The first-order valence-corrected chi connectivity index (χ1v) is 7.83. The molecule has 0 aliphatic heterocycles. The smallest absolute Gasteiger partial charge is 0.127 e. The van der Waals surface area contributed by atoms with E-state index in [1.165, 1.54) is 5.56 Å². The monoisotopic (exact) mass is 219 g/mol. The number of ether oxygens (including phenoxy) is 1. The molecule has 1 aromatic carbocycles. The van der Waals surface area contributed by atoms with Crippen molar-refractivity contribution in [2.45, 2.75) is 33.0 Å². The molecule has 0 atom stereocenters. The molecule has 0 heterocycles. The minimum absolute atomic E-state index is 0.264. The van der Waals surface area contributed by atoms with Gasteiger partial charge in [-0.2, -0.15) is 0 Å². The maximum absolute atomic E-state index is 5.82. The van der Waals surface area contributed by atoms with E-state index in [0.717, 1.165) is 5.38 Å². The van der Waals surface area contributed by atoms with E-state index in [4.69, 9.17) is 4.74 Å². The highest BCUT2D eigenvalue weighted by atomic mass is 28.3. The van der Waals surface area contributed by atoms with E-state index in [1.807, 2.05) is 6.07 Å². The fourth-order valence-corrected chi connectivity index (χ4v) is 2.18. The molecule has 0 saturated heterocycles. The van der Waals surface area contributed by atoms with E-state index in [0.29, 0.717) is 0 Å². The summed E-state index contributed by atoms with van der Waals surface area (Å²) in [5, 5.41) is 1.15. The van der Waals surface area contributed by atoms with Crippen LogP contribution in [0.1, 0.15) is 19.4 Å². The summed E-state index contributed by atoms with van der Waals surface area (Å²) in [5.74, 6) is 0. The van der Waals surface area contributed by atoms with Crippen molar-refractivity contribution in [3.05, 3.63) is 41.3 Å². The predicted octanol–water partition coefficient (Wildman–Crippen LogP) is 3.75. The Labute approximate surface area is 94.4 Å². The van der Waals surface area contributed by atoms with Crippen molar-refractivity contribution >= 4 is 14.9 Å². The lowest BCUT2D eigenvalue weighted by Crippen LogP contribution is -2.13. The first-order valence-electron chi connectivity index (χ1n) is 5.33. The third-order valence-corrected chi connectivity index (χ3v) is 3.20. The molecule has 81 valence electrons. The van der Waals surface area contributed by atoms with Gasteiger partial charge in [-0.1, -0.05) is 43.4 Å². The van der Waals surface area contributed by atoms with E-state index in [9.17, 15) is 0 Å². The molecule has 0 saturated carbocycles. The Morgan fingerprint density at radius 1 is 1.20 bits per heavy atom. The molecule has 0 unspecified atom stereocenters. The molecule has 0 aliphatic carbocycles. The van der Waals surface area contributed by atoms with E-state index in [-0.39, 0.29) is 6.10 Å². The number of hydrogen-bond acceptors (Lipinski definition) is 1. The average molecular weight is 219 g/mol. The summed E-state index contributed by atoms with van der Waals surface area (Å²) in [7, 11) is -0.527. The summed E-state index contributed by atoms with van der Waals surface area (Å²) in [6, 6.07) is 10.3. The van der Waals surface area contributed by atoms with Gasteiger partial charge in [0.1, 0.15) is 8.80 Å². The zero-order valence-electron chi connectivity index (χ0n) is 9.95. The number of rotatable bonds is 4. The van der Waals surface area contributed by atoms with Crippen molar-refractivity contribution in [3.63, 3.8) is 0 Å². The van der Waals surface area contributed by atoms with Gasteiger partial charge in [-0.3, -0.25) is 0 Å². The highest BCUT2D eigenvalue weighted by Crippen LogP contribution is 2.12. The van der Waals surface area contributed by atoms with Crippen molar-refractivity contribution in [1.82, 2.24) is 0 Å². The topological polar surface area (TPSA) is 9.23 Å². The Morgan fingerprint density at radius 2 is 1.80 bits per heavy atom. The number of hydrogen-bond donors (Lipinski definition) is 0. The van der Waals surface area contributed by atoms with Gasteiger partial charge in [0.2, 0.25) is 0 Å². The second kappa shape index (κ2) is 5.76. The second-order valence-corrected chi connectivity index (χ2v) is 6.58. The van der Waals surface area contributed by atoms with Crippen LogP contribution in [-0.4, -0.2) is 14.9 Å². The fraction of sp³-hybridized carbons (Fsp3) is 0.385. The lowest BCUT2D eigenvalue weighted by Gasteiger charge is -2.16. The van der Waals surface area contributed by atoms with E-state index in [1.54, 1.807) is 0 Å².